The lowest BCUT2D eigenvalue weighted by Gasteiger charge is -2.22. The molecule has 148 valence electrons. The molecule has 1 unspecified atom stereocenters. The molecule has 7 heteroatoms. The summed E-state index contributed by atoms with van der Waals surface area (Å²) in [6, 6.07) is 9.92. The third kappa shape index (κ3) is 2.76. The third-order valence-corrected chi connectivity index (χ3v) is 6.11. The summed E-state index contributed by atoms with van der Waals surface area (Å²) in [5, 5.41) is 6.78. The Balaban J connectivity index is 1.43. The molecule has 1 N–H and O–H groups in total. The summed E-state index contributed by atoms with van der Waals surface area (Å²) >= 11 is 0. The SMILES string of the molecule is COc1ccc2c(c1)CC1(CCN(c3ccc(-c4cn[nH]c4)c(OC)n3)C1=O)C2. The van der Waals surface area contributed by atoms with Gasteiger partial charge in [-0.3, -0.25) is 14.8 Å². The Morgan fingerprint density at radius 1 is 1.10 bits per heavy atom. The van der Waals surface area contributed by atoms with E-state index in [1.54, 1.807) is 31.5 Å². The highest BCUT2D eigenvalue weighted by Crippen LogP contribution is 2.46. The van der Waals surface area contributed by atoms with Crippen molar-refractivity contribution < 1.29 is 14.3 Å². The molecule has 29 heavy (non-hydrogen) atoms. The van der Waals surface area contributed by atoms with Gasteiger partial charge in [0.05, 0.1) is 25.8 Å². The molecule has 2 aromatic heterocycles. The smallest absolute Gasteiger partial charge is 0.235 e. The molecule has 0 radical (unpaired) electrons. The first-order valence-electron chi connectivity index (χ1n) is 9.65. The van der Waals surface area contributed by atoms with Gasteiger partial charge in [-0.15, -0.1) is 0 Å². The average molecular weight is 390 g/mol. The van der Waals surface area contributed by atoms with Crippen LogP contribution in [0.2, 0.25) is 0 Å². The molecule has 0 bridgehead atoms. The number of carbonyl (C=O) groups excluding carboxylic acids is 1. The van der Waals surface area contributed by atoms with Gasteiger partial charge >= 0.3 is 0 Å². The molecule has 2 aliphatic rings. The number of H-pyrrole nitrogens is 1. The number of anilines is 1. The molecule has 1 aliphatic carbocycles. The van der Waals surface area contributed by atoms with E-state index in [2.05, 4.69) is 27.3 Å². The van der Waals surface area contributed by atoms with Crippen molar-refractivity contribution in [3.63, 3.8) is 0 Å². The van der Waals surface area contributed by atoms with Gasteiger partial charge in [0.25, 0.3) is 0 Å². The number of fused-ring (bicyclic) bond motifs is 1. The molecular formula is C22H22N4O3. The van der Waals surface area contributed by atoms with E-state index in [1.165, 1.54) is 11.1 Å². The quantitative estimate of drug-likeness (QED) is 0.741. The molecule has 1 aliphatic heterocycles. The van der Waals surface area contributed by atoms with E-state index in [0.29, 0.717) is 18.2 Å². The van der Waals surface area contributed by atoms with Crippen LogP contribution in [0.4, 0.5) is 5.82 Å². The molecule has 1 saturated heterocycles. The van der Waals surface area contributed by atoms with Crippen molar-refractivity contribution in [3.8, 4) is 22.8 Å². The summed E-state index contributed by atoms with van der Waals surface area (Å²) in [5.74, 6) is 2.09. The average Bonchev–Trinajstić information content (AvgIpc) is 3.47. The maximum absolute atomic E-state index is 13.5. The molecule has 1 atom stereocenters. The summed E-state index contributed by atoms with van der Waals surface area (Å²) < 4.78 is 10.8. The summed E-state index contributed by atoms with van der Waals surface area (Å²) in [6.07, 6.45) is 5.85. The number of carbonyl (C=O) groups is 1. The van der Waals surface area contributed by atoms with Crippen molar-refractivity contribution in [3.05, 3.63) is 53.9 Å². The molecule has 5 rings (SSSR count). The van der Waals surface area contributed by atoms with Crippen molar-refractivity contribution in [2.45, 2.75) is 19.3 Å². The van der Waals surface area contributed by atoms with Crippen molar-refractivity contribution in [2.75, 3.05) is 25.7 Å². The number of methoxy groups -OCH3 is 2. The highest BCUT2D eigenvalue weighted by atomic mass is 16.5. The summed E-state index contributed by atoms with van der Waals surface area (Å²) in [7, 11) is 3.26. The lowest BCUT2D eigenvalue weighted by molar-refractivity contribution is -0.125. The normalized spacial score (nSPS) is 20.3. The van der Waals surface area contributed by atoms with Crippen LogP contribution in [0, 0.1) is 5.41 Å². The maximum Gasteiger partial charge on any atom is 0.235 e. The van der Waals surface area contributed by atoms with Crippen LogP contribution in [0.3, 0.4) is 0 Å². The van der Waals surface area contributed by atoms with Crippen LogP contribution in [0.15, 0.2) is 42.7 Å². The van der Waals surface area contributed by atoms with Gasteiger partial charge in [-0.05, 0) is 54.7 Å². The summed E-state index contributed by atoms with van der Waals surface area (Å²) in [4.78, 5) is 19.9. The van der Waals surface area contributed by atoms with E-state index in [1.807, 2.05) is 18.2 Å². The van der Waals surface area contributed by atoms with Gasteiger partial charge in [0.15, 0.2) is 0 Å². The third-order valence-electron chi connectivity index (χ3n) is 6.11. The fourth-order valence-electron chi connectivity index (χ4n) is 4.58. The second-order valence-electron chi connectivity index (χ2n) is 7.69. The van der Waals surface area contributed by atoms with Crippen LogP contribution in [0.1, 0.15) is 17.5 Å². The number of nitrogens with zero attached hydrogens (tertiary/aromatic N) is 3. The molecule has 0 saturated carbocycles. The van der Waals surface area contributed by atoms with Gasteiger partial charge in [-0.2, -0.15) is 10.1 Å². The van der Waals surface area contributed by atoms with Crippen molar-refractivity contribution in [1.29, 1.82) is 0 Å². The Morgan fingerprint density at radius 2 is 1.97 bits per heavy atom. The van der Waals surface area contributed by atoms with E-state index >= 15 is 0 Å². The van der Waals surface area contributed by atoms with Crippen molar-refractivity contribution in [2.24, 2.45) is 5.41 Å². The molecule has 3 heterocycles. The Kier molecular flexibility index (Phi) is 4.04. The highest BCUT2D eigenvalue weighted by molar-refractivity contribution is 6.00. The zero-order chi connectivity index (χ0) is 20.0. The van der Waals surface area contributed by atoms with E-state index in [-0.39, 0.29) is 11.3 Å². The number of pyridine rings is 1. The van der Waals surface area contributed by atoms with E-state index in [0.717, 1.165) is 36.1 Å². The fraction of sp³-hybridized carbons (Fsp3) is 0.318. The Labute approximate surface area is 168 Å². The van der Waals surface area contributed by atoms with Crippen LogP contribution < -0.4 is 14.4 Å². The van der Waals surface area contributed by atoms with Crippen molar-refractivity contribution >= 4 is 11.7 Å². The topological polar surface area (TPSA) is 80.3 Å². The zero-order valence-electron chi connectivity index (χ0n) is 16.4. The number of hydrogen-bond acceptors (Lipinski definition) is 5. The van der Waals surface area contributed by atoms with Gasteiger partial charge in [-0.1, -0.05) is 6.07 Å². The minimum Gasteiger partial charge on any atom is -0.497 e. The minimum absolute atomic E-state index is 0.137. The van der Waals surface area contributed by atoms with Gasteiger partial charge in [0.2, 0.25) is 11.8 Å². The van der Waals surface area contributed by atoms with E-state index in [9.17, 15) is 4.79 Å². The number of nitrogens with one attached hydrogen (secondary N) is 1. The van der Waals surface area contributed by atoms with Gasteiger partial charge in [0.1, 0.15) is 11.6 Å². The number of benzene rings is 1. The molecule has 3 aromatic rings. The van der Waals surface area contributed by atoms with Crippen LogP contribution in [-0.4, -0.2) is 41.9 Å². The summed E-state index contributed by atoms with van der Waals surface area (Å²) in [5.41, 5.74) is 3.80. The number of aromatic nitrogens is 3. The van der Waals surface area contributed by atoms with Crippen LogP contribution in [0.25, 0.3) is 11.1 Å². The number of hydrogen-bond donors (Lipinski definition) is 1. The molecule has 1 amide bonds. The van der Waals surface area contributed by atoms with Gasteiger partial charge in [-0.25, -0.2) is 0 Å². The Bertz CT molecular complexity index is 1080. The van der Waals surface area contributed by atoms with Gasteiger partial charge in [0, 0.05) is 23.9 Å². The second kappa shape index (κ2) is 6.62. The zero-order valence-corrected chi connectivity index (χ0v) is 16.4. The molecular weight excluding hydrogens is 368 g/mol. The van der Waals surface area contributed by atoms with Crippen molar-refractivity contribution in [1.82, 2.24) is 15.2 Å². The Hall–Kier alpha value is -3.35. The number of aromatic amines is 1. The number of amides is 1. The predicted octanol–water partition coefficient (Wildman–Crippen LogP) is 3.01. The molecule has 1 fully saturated rings. The van der Waals surface area contributed by atoms with E-state index < -0.39 is 0 Å². The molecule has 1 aromatic carbocycles. The minimum atomic E-state index is -0.382. The standard InChI is InChI=1S/C22H22N4O3/c1-28-17-4-3-14-10-22(11-15(14)9-17)7-8-26(21(22)27)19-6-5-18(20(25-19)29-2)16-12-23-24-13-16/h3-6,9,12-13H,7-8,10-11H2,1-2H3,(H,23,24). The monoisotopic (exact) mass is 390 g/mol. The molecule has 7 nitrogen and oxygen atoms in total. The maximum atomic E-state index is 13.5. The largest absolute Gasteiger partial charge is 0.497 e. The predicted molar refractivity (Wildman–Crippen MR) is 108 cm³/mol. The summed E-state index contributed by atoms with van der Waals surface area (Å²) in [6.45, 7) is 0.658. The lowest BCUT2D eigenvalue weighted by atomic mass is 9.83. The number of ether oxygens (including phenoxy) is 2. The fourth-order valence-corrected chi connectivity index (χ4v) is 4.58. The van der Waals surface area contributed by atoms with E-state index in [4.69, 9.17) is 9.47 Å². The lowest BCUT2D eigenvalue weighted by Crippen LogP contribution is -2.35. The number of rotatable bonds is 4. The first-order chi connectivity index (χ1) is 14.1. The highest BCUT2D eigenvalue weighted by Gasteiger charge is 2.50. The second-order valence-corrected chi connectivity index (χ2v) is 7.69. The first-order valence-corrected chi connectivity index (χ1v) is 9.65. The molecule has 1 spiro atoms. The first kappa shape index (κ1) is 17.7. The Morgan fingerprint density at radius 3 is 2.72 bits per heavy atom. The van der Waals surface area contributed by atoms with Gasteiger partial charge < -0.3 is 9.47 Å². The van der Waals surface area contributed by atoms with Crippen LogP contribution in [-0.2, 0) is 17.6 Å². The van der Waals surface area contributed by atoms with Crippen LogP contribution in [0.5, 0.6) is 11.6 Å². The van der Waals surface area contributed by atoms with Crippen LogP contribution >= 0.6 is 0 Å².